The van der Waals surface area contributed by atoms with Gasteiger partial charge in [0.05, 0.1) is 0 Å². The fraction of sp³-hybridized carbons (Fsp3) is 0.115. The van der Waals surface area contributed by atoms with Crippen LogP contribution in [0.5, 0.6) is 23.0 Å². The van der Waals surface area contributed by atoms with Gasteiger partial charge in [-0.15, -0.1) is 0 Å². The Kier molecular flexibility index (Phi) is 3.22. The van der Waals surface area contributed by atoms with Crippen LogP contribution in [0.3, 0.4) is 0 Å². The van der Waals surface area contributed by atoms with E-state index in [0.717, 1.165) is 34.1 Å². The Balaban J connectivity index is 1.45. The first-order chi connectivity index (χ1) is 14.1. The summed E-state index contributed by atoms with van der Waals surface area (Å²) in [4.78, 5) is 4.10. The standard InChI is InChI=1S/C26H19NO2/c1-26(2)20-6-4-3-5-18(20)19-14-24-25(15-21(19)26)29-23-13-17(7-8-22(23)28-24)16-9-11-27-12-10-16/h3-15H,1-2H3. The summed E-state index contributed by atoms with van der Waals surface area (Å²) >= 11 is 0. The average Bonchev–Trinajstić information content (AvgIpc) is 2.98. The van der Waals surface area contributed by atoms with Gasteiger partial charge in [0, 0.05) is 17.8 Å². The summed E-state index contributed by atoms with van der Waals surface area (Å²) in [6.07, 6.45) is 3.59. The summed E-state index contributed by atoms with van der Waals surface area (Å²) in [5, 5.41) is 0. The van der Waals surface area contributed by atoms with Crippen molar-refractivity contribution in [1.82, 2.24) is 4.98 Å². The van der Waals surface area contributed by atoms with Crippen LogP contribution in [-0.2, 0) is 5.41 Å². The van der Waals surface area contributed by atoms with Gasteiger partial charge in [0.15, 0.2) is 23.0 Å². The molecule has 6 rings (SSSR count). The maximum absolute atomic E-state index is 6.32. The van der Waals surface area contributed by atoms with Gasteiger partial charge in [-0.3, -0.25) is 4.98 Å². The number of ether oxygens (including phenoxy) is 2. The lowest BCUT2D eigenvalue weighted by atomic mass is 9.82. The molecule has 2 aliphatic rings. The van der Waals surface area contributed by atoms with Crippen molar-refractivity contribution < 1.29 is 9.47 Å². The molecule has 2 heterocycles. The predicted octanol–water partition coefficient (Wildman–Crippen LogP) is 6.95. The summed E-state index contributed by atoms with van der Waals surface area (Å²) in [5.74, 6) is 3.00. The fourth-order valence-electron chi connectivity index (χ4n) is 4.50. The van der Waals surface area contributed by atoms with Crippen molar-refractivity contribution in [1.29, 1.82) is 0 Å². The van der Waals surface area contributed by atoms with Crippen LogP contribution in [0, 0.1) is 0 Å². The van der Waals surface area contributed by atoms with E-state index in [0.29, 0.717) is 0 Å². The van der Waals surface area contributed by atoms with E-state index < -0.39 is 0 Å². The molecule has 0 radical (unpaired) electrons. The van der Waals surface area contributed by atoms with Crippen LogP contribution in [0.25, 0.3) is 22.3 Å². The highest BCUT2D eigenvalue weighted by molar-refractivity contribution is 5.83. The van der Waals surface area contributed by atoms with Crippen LogP contribution in [0.4, 0.5) is 0 Å². The Morgan fingerprint density at radius 2 is 1.34 bits per heavy atom. The molecule has 0 saturated carbocycles. The van der Waals surface area contributed by atoms with Crippen LogP contribution >= 0.6 is 0 Å². The Morgan fingerprint density at radius 3 is 2.21 bits per heavy atom. The maximum Gasteiger partial charge on any atom is 0.170 e. The molecular weight excluding hydrogens is 358 g/mol. The summed E-state index contributed by atoms with van der Waals surface area (Å²) in [5.41, 5.74) is 7.23. The molecule has 3 nitrogen and oxygen atoms in total. The van der Waals surface area contributed by atoms with Gasteiger partial charge >= 0.3 is 0 Å². The van der Waals surface area contributed by atoms with Crippen molar-refractivity contribution in [3.8, 4) is 45.3 Å². The number of hydrogen-bond acceptors (Lipinski definition) is 3. The molecule has 0 fully saturated rings. The molecule has 4 aromatic rings. The van der Waals surface area contributed by atoms with Gasteiger partial charge < -0.3 is 9.47 Å². The van der Waals surface area contributed by atoms with Crippen molar-refractivity contribution in [2.75, 3.05) is 0 Å². The average molecular weight is 377 g/mol. The van der Waals surface area contributed by atoms with E-state index in [1.165, 1.54) is 22.3 Å². The highest BCUT2D eigenvalue weighted by Gasteiger charge is 2.37. The van der Waals surface area contributed by atoms with Crippen LogP contribution in [0.1, 0.15) is 25.0 Å². The number of aromatic nitrogens is 1. The Hall–Kier alpha value is -3.59. The lowest BCUT2D eigenvalue weighted by molar-refractivity contribution is 0.359. The quantitative estimate of drug-likeness (QED) is 0.317. The van der Waals surface area contributed by atoms with E-state index in [4.69, 9.17) is 9.47 Å². The maximum atomic E-state index is 6.32. The molecule has 0 amide bonds. The molecule has 1 aliphatic carbocycles. The smallest absolute Gasteiger partial charge is 0.170 e. The number of pyridine rings is 1. The predicted molar refractivity (Wildman–Crippen MR) is 114 cm³/mol. The molecule has 0 bridgehead atoms. The van der Waals surface area contributed by atoms with Crippen LogP contribution in [0.15, 0.2) is 79.1 Å². The monoisotopic (exact) mass is 377 g/mol. The van der Waals surface area contributed by atoms with Crippen molar-refractivity contribution in [3.05, 3.63) is 90.3 Å². The molecule has 1 aromatic heterocycles. The van der Waals surface area contributed by atoms with Gasteiger partial charge in [-0.05, 0) is 69.8 Å². The summed E-state index contributed by atoms with van der Waals surface area (Å²) in [6, 6.07) is 22.9. The van der Waals surface area contributed by atoms with Gasteiger partial charge in [-0.25, -0.2) is 0 Å². The van der Waals surface area contributed by atoms with Gasteiger partial charge in [0.25, 0.3) is 0 Å². The molecule has 140 valence electrons. The summed E-state index contributed by atoms with van der Waals surface area (Å²) < 4.78 is 12.6. The van der Waals surface area contributed by atoms with Crippen LogP contribution < -0.4 is 9.47 Å². The highest BCUT2D eigenvalue weighted by Crippen LogP contribution is 2.55. The minimum Gasteiger partial charge on any atom is -0.449 e. The summed E-state index contributed by atoms with van der Waals surface area (Å²) in [6.45, 7) is 4.53. The largest absolute Gasteiger partial charge is 0.449 e. The van der Waals surface area contributed by atoms with Crippen LogP contribution in [0.2, 0.25) is 0 Å². The molecule has 0 N–H and O–H groups in total. The normalized spacial score (nSPS) is 14.7. The molecule has 1 aliphatic heterocycles. The van der Waals surface area contributed by atoms with Crippen molar-refractivity contribution in [2.24, 2.45) is 0 Å². The van der Waals surface area contributed by atoms with Crippen LogP contribution in [-0.4, -0.2) is 4.98 Å². The summed E-state index contributed by atoms with van der Waals surface area (Å²) in [7, 11) is 0. The molecular formula is C26H19NO2. The SMILES string of the molecule is CC1(C)c2ccccc2-c2cc3c(cc21)Oc1cc(-c2ccncc2)ccc1O3. The molecule has 29 heavy (non-hydrogen) atoms. The molecule has 0 spiro atoms. The molecule has 3 heteroatoms. The third-order valence-electron chi connectivity index (χ3n) is 6.05. The molecule has 3 aromatic carbocycles. The van der Waals surface area contributed by atoms with Gasteiger partial charge in [-0.2, -0.15) is 0 Å². The zero-order chi connectivity index (χ0) is 19.6. The van der Waals surface area contributed by atoms with E-state index in [1.807, 2.05) is 30.3 Å². The molecule has 0 atom stereocenters. The second-order valence-electron chi connectivity index (χ2n) is 8.12. The van der Waals surface area contributed by atoms with Crippen molar-refractivity contribution in [3.63, 3.8) is 0 Å². The first kappa shape index (κ1) is 16.4. The molecule has 0 unspecified atom stereocenters. The highest BCUT2D eigenvalue weighted by atomic mass is 16.6. The minimum absolute atomic E-state index is 0.0660. The van der Waals surface area contributed by atoms with Gasteiger partial charge in [0.2, 0.25) is 0 Å². The number of fused-ring (bicyclic) bond motifs is 5. The molecule has 0 saturated heterocycles. The van der Waals surface area contributed by atoms with Crippen molar-refractivity contribution >= 4 is 0 Å². The first-order valence-electron chi connectivity index (χ1n) is 9.80. The van der Waals surface area contributed by atoms with Gasteiger partial charge in [-0.1, -0.05) is 44.2 Å². The van der Waals surface area contributed by atoms with Crippen molar-refractivity contribution in [2.45, 2.75) is 19.3 Å². The fourth-order valence-corrected chi connectivity index (χ4v) is 4.50. The number of benzene rings is 3. The number of nitrogens with zero attached hydrogens (tertiary/aromatic N) is 1. The first-order valence-corrected chi connectivity index (χ1v) is 9.80. The van der Waals surface area contributed by atoms with E-state index in [2.05, 4.69) is 55.2 Å². The second-order valence-corrected chi connectivity index (χ2v) is 8.12. The Morgan fingerprint density at radius 1 is 0.621 bits per heavy atom. The number of rotatable bonds is 1. The lowest BCUT2D eigenvalue weighted by Gasteiger charge is -2.25. The third-order valence-corrected chi connectivity index (χ3v) is 6.05. The van der Waals surface area contributed by atoms with E-state index in [1.54, 1.807) is 12.4 Å². The number of hydrogen-bond donors (Lipinski definition) is 0. The lowest BCUT2D eigenvalue weighted by Crippen LogP contribution is -2.15. The zero-order valence-electron chi connectivity index (χ0n) is 16.3. The van der Waals surface area contributed by atoms with E-state index in [-0.39, 0.29) is 5.41 Å². The Labute approximate surface area is 169 Å². The Bertz CT molecular complexity index is 1280. The topological polar surface area (TPSA) is 31.4 Å². The second kappa shape index (κ2) is 5.71. The van der Waals surface area contributed by atoms with E-state index in [9.17, 15) is 0 Å². The van der Waals surface area contributed by atoms with Gasteiger partial charge in [0.1, 0.15) is 0 Å². The third kappa shape index (κ3) is 2.34. The zero-order valence-corrected chi connectivity index (χ0v) is 16.3. The van der Waals surface area contributed by atoms with E-state index >= 15 is 0 Å². The minimum atomic E-state index is -0.0660.